The monoisotopic (exact) mass is 267 g/mol. The Balaban J connectivity index is 2.15. The summed E-state index contributed by atoms with van der Waals surface area (Å²) >= 11 is 0. The van der Waals surface area contributed by atoms with E-state index in [0.717, 1.165) is 31.2 Å². The van der Waals surface area contributed by atoms with E-state index in [0.29, 0.717) is 13.2 Å². The summed E-state index contributed by atoms with van der Waals surface area (Å²) in [6, 6.07) is 1.98. The standard InChI is InChI=1S/C13H25N5O/c1-4-5-9-19-10-8-15-13(14-2)16-11-12-6-7-17-18(12)3/h6-7H,4-5,8-11H2,1-3H3,(H2,14,15,16). The maximum absolute atomic E-state index is 5.48. The SMILES string of the molecule is CCCCOCCNC(=NC)NCc1ccnn1C. The first kappa shape index (κ1) is 15.5. The van der Waals surface area contributed by atoms with E-state index in [-0.39, 0.29) is 0 Å². The van der Waals surface area contributed by atoms with Crippen LogP contribution < -0.4 is 10.6 Å². The molecular formula is C13H25N5O. The molecule has 0 amide bonds. The molecule has 0 aliphatic rings. The fourth-order valence-corrected chi connectivity index (χ4v) is 1.56. The molecule has 1 heterocycles. The van der Waals surface area contributed by atoms with Crippen molar-refractivity contribution < 1.29 is 4.74 Å². The third kappa shape index (κ3) is 6.24. The second kappa shape index (κ2) is 9.38. The van der Waals surface area contributed by atoms with Gasteiger partial charge in [0.15, 0.2) is 5.96 Å². The van der Waals surface area contributed by atoms with Crippen LogP contribution in [-0.2, 0) is 18.3 Å². The minimum absolute atomic E-state index is 0.701. The topological polar surface area (TPSA) is 63.5 Å². The highest BCUT2D eigenvalue weighted by molar-refractivity contribution is 5.79. The summed E-state index contributed by atoms with van der Waals surface area (Å²) in [7, 11) is 3.69. The van der Waals surface area contributed by atoms with Crippen molar-refractivity contribution in [1.82, 2.24) is 20.4 Å². The number of rotatable bonds is 8. The largest absolute Gasteiger partial charge is 0.380 e. The lowest BCUT2D eigenvalue weighted by Crippen LogP contribution is -2.38. The van der Waals surface area contributed by atoms with Crippen molar-refractivity contribution in [3.05, 3.63) is 18.0 Å². The van der Waals surface area contributed by atoms with Crippen molar-refractivity contribution in [3.8, 4) is 0 Å². The summed E-state index contributed by atoms with van der Waals surface area (Å²) in [6.07, 6.45) is 4.07. The Kier molecular flexibility index (Phi) is 7.65. The normalized spacial score (nSPS) is 11.6. The zero-order chi connectivity index (χ0) is 13.9. The zero-order valence-electron chi connectivity index (χ0n) is 12.1. The van der Waals surface area contributed by atoms with Gasteiger partial charge in [-0.25, -0.2) is 0 Å². The summed E-state index contributed by atoms with van der Waals surface area (Å²) in [6.45, 7) is 5.15. The van der Waals surface area contributed by atoms with E-state index in [9.17, 15) is 0 Å². The summed E-state index contributed by atoms with van der Waals surface area (Å²) in [5.41, 5.74) is 1.11. The third-order valence-corrected chi connectivity index (χ3v) is 2.76. The average molecular weight is 267 g/mol. The molecule has 108 valence electrons. The van der Waals surface area contributed by atoms with Crippen LogP contribution in [0.5, 0.6) is 0 Å². The fraction of sp³-hybridized carbons (Fsp3) is 0.692. The van der Waals surface area contributed by atoms with Gasteiger partial charge in [0.2, 0.25) is 0 Å². The number of ether oxygens (including phenoxy) is 1. The molecule has 0 aliphatic carbocycles. The van der Waals surface area contributed by atoms with Gasteiger partial charge >= 0.3 is 0 Å². The van der Waals surface area contributed by atoms with Gasteiger partial charge in [-0.2, -0.15) is 5.10 Å². The molecule has 0 fully saturated rings. The van der Waals surface area contributed by atoms with E-state index in [1.165, 1.54) is 6.42 Å². The Morgan fingerprint density at radius 1 is 1.42 bits per heavy atom. The minimum atomic E-state index is 0.701. The van der Waals surface area contributed by atoms with Gasteiger partial charge in [0, 0.05) is 33.4 Å². The predicted octanol–water partition coefficient (Wildman–Crippen LogP) is 0.902. The van der Waals surface area contributed by atoms with E-state index in [4.69, 9.17) is 4.74 Å². The summed E-state index contributed by atoms with van der Waals surface area (Å²) in [4.78, 5) is 4.16. The third-order valence-electron chi connectivity index (χ3n) is 2.76. The smallest absolute Gasteiger partial charge is 0.191 e. The molecule has 0 unspecified atom stereocenters. The Hall–Kier alpha value is -1.56. The molecule has 6 nitrogen and oxygen atoms in total. The maximum atomic E-state index is 5.48. The van der Waals surface area contributed by atoms with Crippen molar-refractivity contribution in [2.45, 2.75) is 26.3 Å². The molecule has 0 aliphatic heterocycles. The van der Waals surface area contributed by atoms with Crippen LogP contribution in [0.3, 0.4) is 0 Å². The highest BCUT2D eigenvalue weighted by Crippen LogP contribution is 1.94. The molecule has 19 heavy (non-hydrogen) atoms. The van der Waals surface area contributed by atoms with Crippen LogP contribution in [0.1, 0.15) is 25.5 Å². The average Bonchev–Trinajstić information content (AvgIpc) is 2.83. The molecule has 0 bridgehead atoms. The first-order valence-electron chi connectivity index (χ1n) is 6.77. The van der Waals surface area contributed by atoms with E-state index >= 15 is 0 Å². The number of nitrogens with one attached hydrogen (secondary N) is 2. The number of aliphatic imine (C=N–C) groups is 1. The molecule has 0 saturated heterocycles. The van der Waals surface area contributed by atoms with Gasteiger partial charge in [0.1, 0.15) is 0 Å². The molecule has 0 saturated carbocycles. The maximum Gasteiger partial charge on any atom is 0.191 e. The molecule has 0 atom stereocenters. The number of hydrogen-bond donors (Lipinski definition) is 2. The molecule has 0 aromatic carbocycles. The molecular weight excluding hydrogens is 242 g/mol. The minimum Gasteiger partial charge on any atom is -0.380 e. The predicted molar refractivity (Wildman–Crippen MR) is 77.1 cm³/mol. The van der Waals surface area contributed by atoms with Crippen molar-refractivity contribution in [2.24, 2.45) is 12.0 Å². The van der Waals surface area contributed by atoms with Crippen LogP contribution >= 0.6 is 0 Å². The molecule has 0 radical (unpaired) electrons. The van der Waals surface area contributed by atoms with Gasteiger partial charge in [-0.3, -0.25) is 9.67 Å². The second-order valence-electron chi connectivity index (χ2n) is 4.26. The van der Waals surface area contributed by atoms with Crippen molar-refractivity contribution in [1.29, 1.82) is 0 Å². The van der Waals surface area contributed by atoms with Crippen molar-refractivity contribution in [2.75, 3.05) is 26.8 Å². The Morgan fingerprint density at radius 3 is 2.89 bits per heavy atom. The van der Waals surface area contributed by atoms with Crippen LogP contribution in [0.15, 0.2) is 17.3 Å². The first-order chi connectivity index (χ1) is 9.27. The van der Waals surface area contributed by atoms with Crippen LogP contribution in [0.2, 0.25) is 0 Å². The number of unbranched alkanes of at least 4 members (excludes halogenated alkanes) is 1. The lowest BCUT2D eigenvalue weighted by atomic mass is 10.4. The zero-order valence-corrected chi connectivity index (χ0v) is 12.1. The fourth-order valence-electron chi connectivity index (χ4n) is 1.56. The number of aromatic nitrogens is 2. The van der Waals surface area contributed by atoms with Crippen LogP contribution in [-0.4, -0.2) is 42.5 Å². The van der Waals surface area contributed by atoms with Gasteiger partial charge in [0.25, 0.3) is 0 Å². The Morgan fingerprint density at radius 2 is 2.26 bits per heavy atom. The Labute approximate surface area is 115 Å². The molecule has 1 aromatic heterocycles. The van der Waals surface area contributed by atoms with Gasteiger partial charge in [-0.1, -0.05) is 13.3 Å². The van der Waals surface area contributed by atoms with Crippen molar-refractivity contribution in [3.63, 3.8) is 0 Å². The van der Waals surface area contributed by atoms with Gasteiger partial charge in [-0.05, 0) is 12.5 Å². The number of hydrogen-bond acceptors (Lipinski definition) is 3. The van der Waals surface area contributed by atoms with E-state index in [1.807, 2.05) is 17.8 Å². The quantitative estimate of drug-likeness (QED) is 0.417. The highest BCUT2D eigenvalue weighted by Gasteiger charge is 2.00. The Bertz CT molecular complexity index is 375. The van der Waals surface area contributed by atoms with Crippen LogP contribution in [0.4, 0.5) is 0 Å². The van der Waals surface area contributed by atoms with E-state index in [1.54, 1.807) is 13.2 Å². The summed E-state index contributed by atoms with van der Waals surface area (Å²) in [5, 5.41) is 10.6. The number of guanidine groups is 1. The second-order valence-corrected chi connectivity index (χ2v) is 4.26. The molecule has 1 aromatic rings. The lowest BCUT2D eigenvalue weighted by molar-refractivity contribution is 0.136. The van der Waals surface area contributed by atoms with Crippen LogP contribution in [0.25, 0.3) is 0 Å². The number of aryl methyl sites for hydroxylation is 1. The van der Waals surface area contributed by atoms with E-state index < -0.39 is 0 Å². The highest BCUT2D eigenvalue weighted by atomic mass is 16.5. The van der Waals surface area contributed by atoms with E-state index in [2.05, 4.69) is 27.6 Å². The lowest BCUT2D eigenvalue weighted by Gasteiger charge is -2.12. The van der Waals surface area contributed by atoms with Crippen molar-refractivity contribution >= 4 is 5.96 Å². The van der Waals surface area contributed by atoms with Gasteiger partial charge in [0.05, 0.1) is 18.8 Å². The molecule has 1 rings (SSSR count). The number of nitrogens with zero attached hydrogens (tertiary/aromatic N) is 3. The van der Waals surface area contributed by atoms with Gasteiger partial charge < -0.3 is 15.4 Å². The van der Waals surface area contributed by atoms with Crippen LogP contribution in [0, 0.1) is 0 Å². The van der Waals surface area contributed by atoms with Gasteiger partial charge in [-0.15, -0.1) is 0 Å². The molecule has 6 heteroatoms. The molecule has 2 N–H and O–H groups in total. The summed E-state index contributed by atoms with van der Waals surface area (Å²) < 4.78 is 7.32. The summed E-state index contributed by atoms with van der Waals surface area (Å²) in [5.74, 6) is 0.778. The first-order valence-corrected chi connectivity index (χ1v) is 6.77. The molecule has 0 spiro atoms.